The maximum Gasteiger partial charge on any atom is 0.341 e. The lowest BCUT2D eigenvalue weighted by molar-refractivity contribution is -0.139. The number of aliphatic carboxylic acids is 1. The van der Waals surface area contributed by atoms with Crippen LogP contribution >= 0.6 is 0 Å². The molecular formula is C11H13NO3. The first kappa shape index (κ1) is 9.98. The second-order valence-corrected chi connectivity index (χ2v) is 3.54. The van der Waals surface area contributed by atoms with Crippen LogP contribution in [0.1, 0.15) is 11.1 Å². The molecule has 2 rings (SSSR count). The maximum atomic E-state index is 10.3. The minimum Gasteiger partial charge on any atom is -0.482 e. The Morgan fingerprint density at radius 2 is 2.33 bits per heavy atom. The maximum absolute atomic E-state index is 10.3. The van der Waals surface area contributed by atoms with E-state index in [1.54, 1.807) is 0 Å². The van der Waals surface area contributed by atoms with E-state index in [9.17, 15) is 4.79 Å². The molecule has 15 heavy (non-hydrogen) atoms. The number of carboxylic acid groups (broad SMARTS) is 1. The summed E-state index contributed by atoms with van der Waals surface area (Å²) >= 11 is 0. The Bertz CT molecular complexity index is 376. The molecule has 4 heteroatoms. The molecule has 0 saturated carbocycles. The average molecular weight is 207 g/mol. The van der Waals surface area contributed by atoms with Gasteiger partial charge in [0.15, 0.2) is 6.61 Å². The molecule has 1 aliphatic rings. The van der Waals surface area contributed by atoms with Crippen LogP contribution in [0.2, 0.25) is 0 Å². The van der Waals surface area contributed by atoms with Gasteiger partial charge in [0.2, 0.25) is 0 Å². The molecule has 0 atom stereocenters. The summed E-state index contributed by atoms with van der Waals surface area (Å²) in [5, 5.41) is 11.8. The first-order valence-electron chi connectivity index (χ1n) is 4.93. The van der Waals surface area contributed by atoms with Crippen LogP contribution in [0.4, 0.5) is 0 Å². The van der Waals surface area contributed by atoms with Gasteiger partial charge in [-0.25, -0.2) is 4.79 Å². The van der Waals surface area contributed by atoms with Gasteiger partial charge in [-0.15, -0.1) is 0 Å². The summed E-state index contributed by atoms with van der Waals surface area (Å²) in [4.78, 5) is 10.3. The highest BCUT2D eigenvalue weighted by Crippen LogP contribution is 2.20. The van der Waals surface area contributed by atoms with Crippen molar-refractivity contribution in [2.75, 3.05) is 13.2 Å². The van der Waals surface area contributed by atoms with Crippen molar-refractivity contribution in [2.45, 2.75) is 13.0 Å². The third-order valence-electron chi connectivity index (χ3n) is 2.43. The number of fused-ring (bicyclic) bond motifs is 1. The predicted molar refractivity (Wildman–Crippen MR) is 55.0 cm³/mol. The van der Waals surface area contributed by atoms with Crippen LogP contribution in [0, 0.1) is 0 Å². The van der Waals surface area contributed by atoms with Crippen molar-refractivity contribution in [3.63, 3.8) is 0 Å². The fraction of sp³-hybridized carbons (Fsp3) is 0.364. The minimum absolute atomic E-state index is 0.281. The Morgan fingerprint density at radius 3 is 3.13 bits per heavy atom. The first-order valence-corrected chi connectivity index (χ1v) is 4.93. The molecule has 2 N–H and O–H groups in total. The van der Waals surface area contributed by atoms with Crippen molar-refractivity contribution in [2.24, 2.45) is 0 Å². The number of hydrogen-bond acceptors (Lipinski definition) is 3. The quantitative estimate of drug-likeness (QED) is 0.769. The van der Waals surface area contributed by atoms with Gasteiger partial charge in [0.1, 0.15) is 5.75 Å². The molecule has 0 aliphatic carbocycles. The highest BCUT2D eigenvalue weighted by atomic mass is 16.5. The summed E-state index contributed by atoms with van der Waals surface area (Å²) in [5.74, 6) is -0.313. The van der Waals surface area contributed by atoms with Gasteiger partial charge in [0.25, 0.3) is 0 Å². The number of nitrogens with one attached hydrogen (secondary N) is 1. The summed E-state index contributed by atoms with van der Waals surface area (Å²) in [6, 6.07) is 5.73. The highest BCUT2D eigenvalue weighted by Gasteiger charge is 2.09. The second-order valence-electron chi connectivity index (χ2n) is 3.54. The standard InChI is InChI=1S/C11H13NO3/c13-11(14)7-15-10-2-1-9-6-12-4-3-8(9)5-10/h1-2,5,12H,3-4,6-7H2,(H,13,14). The van der Waals surface area contributed by atoms with Gasteiger partial charge in [0.05, 0.1) is 0 Å². The van der Waals surface area contributed by atoms with E-state index in [1.165, 1.54) is 11.1 Å². The summed E-state index contributed by atoms with van der Waals surface area (Å²) in [6.07, 6.45) is 0.972. The number of ether oxygens (including phenoxy) is 1. The Kier molecular flexibility index (Phi) is 2.87. The minimum atomic E-state index is -0.950. The molecule has 80 valence electrons. The zero-order valence-corrected chi connectivity index (χ0v) is 8.32. The van der Waals surface area contributed by atoms with Gasteiger partial charge in [-0.3, -0.25) is 0 Å². The topological polar surface area (TPSA) is 58.6 Å². The smallest absolute Gasteiger partial charge is 0.341 e. The Morgan fingerprint density at radius 1 is 1.47 bits per heavy atom. The van der Waals surface area contributed by atoms with E-state index in [-0.39, 0.29) is 6.61 Å². The van der Waals surface area contributed by atoms with E-state index in [1.807, 2.05) is 18.2 Å². The molecule has 1 heterocycles. The number of benzene rings is 1. The molecule has 0 unspecified atom stereocenters. The van der Waals surface area contributed by atoms with E-state index in [0.717, 1.165) is 19.5 Å². The molecule has 4 nitrogen and oxygen atoms in total. The van der Waals surface area contributed by atoms with E-state index in [0.29, 0.717) is 5.75 Å². The molecule has 1 aliphatic heterocycles. The van der Waals surface area contributed by atoms with E-state index >= 15 is 0 Å². The summed E-state index contributed by atoms with van der Waals surface area (Å²) in [7, 11) is 0. The molecule has 1 aromatic carbocycles. The molecule has 0 fully saturated rings. The Balaban J connectivity index is 2.10. The Labute approximate surface area is 87.9 Å². The van der Waals surface area contributed by atoms with Gasteiger partial charge in [0, 0.05) is 6.54 Å². The first-order chi connectivity index (χ1) is 7.25. The SMILES string of the molecule is O=C(O)COc1ccc2c(c1)CCNC2. The predicted octanol–water partition coefficient (Wildman–Crippen LogP) is 0.796. The fourth-order valence-corrected chi connectivity index (χ4v) is 1.69. The number of hydrogen-bond donors (Lipinski definition) is 2. The van der Waals surface area contributed by atoms with Crippen molar-refractivity contribution >= 4 is 5.97 Å². The zero-order chi connectivity index (χ0) is 10.7. The molecule has 0 spiro atoms. The summed E-state index contributed by atoms with van der Waals surface area (Å²) in [6.45, 7) is 1.57. The lowest BCUT2D eigenvalue weighted by Crippen LogP contribution is -2.23. The van der Waals surface area contributed by atoms with Crippen molar-refractivity contribution in [1.82, 2.24) is 5.32 Å². The number of carboxylic acids is 1. The van der Waals surface area contributed by atoms with Crippen LogP contribution in [0.3, 0.4) is 0 Å². The van der Waals surface area contributed by atoms with Crippen LogP contribution in [-0.4, -0.2) is 24.2 Å². The van der Waals surface area contributed by atoms with E-state index in [2.05, 4.69) is 5.32 Å². The molecule has 0 radical (unpaired) electrons. The van der Waals surface area contributed by atoms with Crippen molar-refractivity contribution < 1.29 is 14.6 Å². The van der Waals surface area contributed by atoms with Gasteiger partial charge in [-0.1, -0.05) is 6.07 Å². The summed E-state index contributed by atoms with van der Waals surface area (Å²) < 4.78 is 5.11. The second kappa shape index (κ2) is 4.31. The van der Waals surface area contributed by atoms with Crippen molar-refractivity contribution in [3.05, 3.63) is 29.3 Å². The molecule has 1 aromatic rings. The summed E-state index contributed by atoms with van der Waals surface area (Å²) in [5.41, 5.74) is 2.51. The van der Waals surface area contributed by atoms with Crippen molar-refractivity contribution in [1.29, 1.82) is 0 Å². The zero-order valence-electron chi connectivity index (χ0n) is 8.32. The largest absolute Gasteiger partial charge is 0.482 e. The van der Waals surface area contributed by atoms with Gasteiger partial charge in [-0.2, -0.15) is 0 Å². The number of carbonyl (C=O) groups is 1. The van der Waals surface area contributed by atoms with Gasteiger partial charge < -0.3 is 15.2 Å². The molecular weight excluding hydrogens is 194 g/mol. The molecule has 0 aromatic heterocycles. The lowest BCUT2D eigenvalue weighted by Gasteiger charge is -2.17. The lowest BCUT2D eigenvalue weighted by atomic mass is 10.0. The third-order valence-corrected chi connectivity index (χ3v) is 2.43. The molecule has 0 amide bonds. The monoisotopic (exact) mass is 207 g/mol. The van der Waals surface area contributed by atoms with Crippen LogP contribution in [0.25, 0.3) is 0 Å². The van der Waals surface area contributed by atoms with Crippen LogP contribution in [0.15, 0.2) is 18.2 Å². The van der Waals surface area contributed by atoms with E-state index < -0.39 is 5.97 Å². The number of rotatable bonds is 3. The van der Waals surface area contributed by atoms with Gasteiger partial charge >= 0.3 is 5.97 Å². The molecule has 0 bridgehead atoms. The fourth-order valence-electron chi connectivity index (χ4n) is 1.69. The van der Waals surface area contributed by atoms with Crippen LogP contribution in [-0.2, 0) is 17.8 Å². The van der Waals surface area contributed by atoms with E-state index in [4.69, 9.17) is 9.84 Å². The van der Waals surface area contributed by atoms with Crippen molar-refractivity contribution in [3.8, 4) is 5.75 Å². The Hall–Kier alpha value is -1.55. The molecule has 0 saturated heterocycles. The average Bonchev–Trinajstić information content (AvgIpc) is 2.26. The van der Waals surface area contributed by atoms with Crippen LogP contribution in [0.5, 0.6) is 5.75 Å². The third kappa shape index (κ3) is 2.47. The van der Waals surface area contributed by atoms with Gasteiger partial charge in [-0.05, 0) is 36.2 Å². The van der Waals surface area contributed by atoms with Crippen LogP contribution < -0.4 is 10.1 Å². The highest BCUT2D eigenvalue weighted by molar-refractivity contribution is 5.68. The normalized spacial score (nSPS) is 14.4.